The summed E-state index contributed by atoms with van der Waals surface area (Å²) in [5.41, 5.74) is 1.52. The molecule has 0 aliphatic heterocycles. The van der Waals surface area contributed by atoms with Crippen LogP contribution in [0.2, 0.25) is 15.1 Å². The number of anilines is 1. The summed E-state index contributed by atoms with van der Waals surface area (Å²) < 4.78 is 5.15. The number of benzene rings is 2. The van der Waals surface area contributed by atoms with Gasteiger partial charge in [-0.25, -0.2) is 0 Å². The van der Waals surface area contributed by atoms with Crippen LogP contribution in [0.4, 0.5) is 5.69 Å². The van der Waals surface area contributed by atoms with Crippen molar-refractivity contribution in [3.8, 4) is 5.75 Å². The SMILES string of the molecule is COc1ccc(CN(C)C(C)C(=O)Nc2cc(Cl)c(Cl)cc2Cl)cc1. The molecule has 0 spiro atoms. The van der Waals surface area contributed by atoms with E-state index in [1.807, 2.05) is 43.1 Å². The van der Waals surface area contributed by atoms with Gasteiger partial charge in [-0.1, -0.05) is 46.9 Å². The lowest BCUT2D eigenvalue weighted by Gasteiger charge is -2.24. The largest absolute Gasteiger partial charge is 0.497 e. The minimum absolute atomic E-state index is 0.184. The number of carbonyl (C=O) groups excluding carboxylic acids is 1. The van der Waals surface area contributed by atoms with Crippen LogP contribution < -0.4 is 10.1 Å². The van der Waals surface area contributed by atoms with Crippen LogP contribution in [-0.4, -0.2) is 31.0 Å². The normalized spacial score (nSPS) is 12.1. The fraction of sp³-hybridized carbons (Fsp3) is 0.278. The molecule has 1 amide bonds. The molecular formula is C18H19Cl3N2O2. The molecule has 4 nitrogen and oxygen atoms in total. The molecule has 0 aliphatic rings. The Balaban J connectivity index is 2.02. The lowest BCUT2D eigenvalue weighted by molar-refractivity contribution is -0.120. The van der Waals surface area contributed by atoms with Crippen molar-refractivity contribution < 1.29 is 9.53 Å². The number of carbonyl (C=O) groups is 1. The van der Waals surface area contributed by atoms with Crippen molar-refractivity contribution in [2.75, 3.05) is 19.5 Å². The van der Waals surface area contributed by atoms with Gasteiger partial charge in [-0.05, 0) is 43.8 Å². The molecule has 1 unspecified atom stereocenters. The first-order valence-corrected chi connectivity index (χ1v) is 8.73. The molecule has 2 aromatic carbocycles. The molecule has 0 saturated heterocycles. The Bertz CT molecular complexity index is 751. The van der Waals surface area contributed by atoms with E-state index in [2.05, 4.69) is 5.32 Å². The number of hydrogen-bond acceptors (Lipinski definition) is 3. The molecule has 0 aliphatic carbocycles. The minimum Gasteiger partial charge on any atom is -0.497 e. The summed E-state index contributed by atoms with van der Waals surface area (Å²) in [5.74, 6) is 0.614. The van der Waals surface area contributed by atoms with Crippen molar-refractivity contribution >= 4 is 46.4 Å². The van der Waals surface area contributed by atoms with Gasteiger partial charge in [0, 0.05) is 6.54 Å². The van der Waals surface area contributed by atoms with E-state index in [9.17, 15) is 4.79 Å². The van der Waals surface area contributed by atoms with Gasteiger partial charge in [0.05, 0.1) is 33.9 Å². The number of methoxy groups -OCH3 is 1. The Hall–Kier alpha value is -1.46. The summed E-state index contributed by atoms with van der Waals surface area (Å²) in [6.07, 6.45) is 0. The van der Waals surface area contributed by atoms with Crippen LogP contribution in [0.1, 0.15) is 12.5 Å². The predicted octanol–water partition coefficient (Wildman–Crippen LogP) is 5.11. The van der Waals surface area contributed by atoms with Crippen LogP contribution in [0.25, 0.3) is 0 Å². The van der Waals surface area contributed by atoms with E-state index in [0.29, 0.717) is 27.3 Å². The number of amides is 1. The van der Waals surface area contributed by atoms with Gasteiger partial charge in [0.25, 0.3) is 0 Å². The third-order valence-electron chi connectivity index (χ3n) is 3.90. The Kier molecular flexibility index (Phi) is 6.96. The molecule has 134 valence electrons. The second kappa shape index (κ2) is 8.77. The van der Waals surface area contributed by atoms with Crippen LogP contribution in [0.5, 0.6) is 5.75 Å². The van der Waals surface area contributed by atoms with Gasteiger partial charge in [0.15, 0.2) is 0 Å². The molecule has 0 fully saturated rings. The highest BCUT2D eigenvalue weighted by molar-refractivity contribution is 6.44. The summed E-state index contributed by atoms with van der Waals surface area (Å²) in [7, 11) is 3.51. The summed E-state index contributed by atoms with van der Waals surface area (Å²) >= 11 is 18.0. The van der Waals surface area contributed by atoms with E-state index < -0.39 is 0 Å². The second-order valence-electron chi connectivity index (χ2n) is 5.67. The van der Waals surface area contributed by atoms with Crippen LogP contribution >= 0.6 is 34.8 Å². The smallest absolute Gasteiger partial charge is 0.241 e. The predicted molar refractivity (Wildman–Crippen MR) is 104 cm³/mol. The molecule has 7 heteroatoms. The van der Waals surface area contributed by atoms with Crippen molar-refractivity contribution in [1.82, 2.24) is 4.90 Å². The quantitative estimate of drug-likeness (QED) is 0.684. The molecular weight excluding hydrogens is 383 g/mol. The summed E-state index contributed by atoms with van der Waals surface area (Å²) in [6.45, 7) is 2.44. The zero-order valence-electron chi connectivity index (χ0n) is 14.1. The van der Waals surface area contributed by atoms with Crippen molar-refractivity contribution in [2.45, 2.75) is 19.5 Å². The summed E-state index contributed by atoms with van der Waals surface area (Å²) in [5, 5.41) is 3.80. The molecule has 25 heavy (non-hydrogen) atoms. The standard InChI is InChI=1S/C18H19Cl3N2O2/c1-11(23(2)10-12-4-6-13(25-3)7-5-12)18(24)22-17-9-15(20)14(19)8-16(17)21/h4-9,11H,10H2,1-3H3,(H,22,24). The van der Waals surface area contributed by atoms with Crippen LogP contribution in [0.3, 0.4) is 0 Å². The molecule has 0 aromatic heterocycles. The average Bonchev–Trinajstić information content (AvgIpc) is 2.59. The molecule has 2 rings (SSSR count). The van der Waals surface area contributed by atoms with Crippen LogP contribution in [-0.2, 0) is 11.3 Å². The van der Waals surface area contributed by atoms with Crippen molar-refractivity contribution in [3.63, 3.8) is 0 Å². The number of nitrogens with zero attached hydrogens (tertiary/aromatic N) is 1. The summed E-state index contributed by atoms with van der Waals surface area (Å²) in [4.78, 5) is 14.4. The van der Waals surface area contributed by atoms with Crippen LogP contribution in [0, 0.1) is 0 Å². The van der Waals surface area contributed by atoms with Crippen molar-refractivity contribution in [3.05, 3.63) is 57.0 Å². The first kappa shape index (κ1) is 19.9. The van der Waals surface area contributed by atoms with E-state index >= 15 is 0 Å². The Labute approximate surface area is 162 Å². The molecule has 0 saturated carbocycles. The van der Waals surface area contributed by atoms with E-state index in [-0.39, 0.29) is 11.9 Å². The fourth-order valence-corrected chi connectivity index (χ4v) is 2.81. The number of hydrogen-bond donors (Lipinski definition) is 1. The molecule has 0 heterocycles. The van der Waals surface area contributed by atoms with E-state index in [0.717, 1.165) is 11.3 Å². The molecule has 1 atom stereocenters. The van der Waals surface area contributed by atoms with E-state index in [1.54, 1.807) is 13.2 Å². The van der Waals surface area contributed by atoms with Gasteiger partial charge in [0.1, 0.15) is 5.75 Å². The van der Waals surface area contributed by atoms with Gasteiger partial charge in [-0.15, -0.1) is 0 Å². The van der Waals surface area contributed by atoms with E-state index in [1.165, 1.54) is 6.07 Å². The molecule has 0 bridgehead atoms. The Morgan fingerprint density at radius 3 is 2.32 bits per heavy atom. The van der Waals surface area contributed by atoms with Gasteiger partial charge < -0.3 is 10.1 Å². The number of rotatable bonds is 6. The maximum absolute atomic E-state index is 12.5. The minimum atomic E-state index is -0.368. The molecule has 1 N–H and O–H groups in total. The van der Waals surface area contributed by atoms with Gasteiger partial charge in [-0.3, -0.25) is 9.69 Å². The first-order valence-electron chi connectivity index (χ1n) is 7.60. The third-order valence-corrected chi connectivity index (χ3v) is 4.93. The maximum Gasteiger partial charge on any atom is 0.241 e. The zero-order chi connectivity index (χ0) is 18.6. The first-order chi connectivity index (χ1) is 11.8. The Morgan fingerprint density at radius 2 is 1.72 bits per heavy atom. The zero-order valence-corrected chi connectivity index (χ0v) is 16.4. The third kappa shape index (κ3) is 5.25. The van der Waals surface area contributed by atoms with Gasteiger partial charge in [-0.2, -0.15) is 0 Å². The summed E-state index contributed by atoms with van der Waals surface area (Å²) in [6, 6.07) is 10.4. The van der Waals surface area contributed by atoms with Gasteiger partial charge in [0.2, 0.25) is 5.91 Å². The number of ether oxygens (including phenoxy) is 1. The molecule has 2 aromatic rings. The van der Waals surface area contributed by atoms with Crippen molar-refractivity contribution in [2.24, 2.45) is 0 Å². The highest BCUT2D eigenvalue weighted by Gasteiger charge is 2.19. The number of halogens is 3. The highest BCUT2D eigenvalue weighted by Crippen LogP contribution is 2.32. The van der Waals surface area contributed by atoms with Crippen molar-refractivity contribution in [1.29, 1.82) is 0 Å². The average molecular weight is 402 g/mol. The fourth-order valence-electron chi connectivity index (χ4n) is 2.21. The van der Waals surface area contributed by atoms with E-state index in [4.69, 9.17) is 39.5 Å². The number of nitrogens with one attached hydrogen (secondary N) is 1. The topological polar surface area (TPSA) is 41.6 Å². The lowest BCUT2D eigenvalue weighted by Crippen LogP contribution is -2.39. The van der Waals surface area contributed by atoms with Crippen LogP contribution in [0.15, 0.2) is 36.4 Å². The monoisotopic (exact) mass is 400 g/mol. The highest BCUT2D eigenvalue weighted by atomic mass is 35.5. The van der Waals surface area contributed by atoms with Gasteiger partial charge >= 0.3 is 0 Å². The molecule has 0 radical (unpaired) electrons. The maximum atomic E-state index is 12.5. The Morgan fingerprint density at radius 1 is 1.12 bits per heavy atom. The number of likely N-dealkylation sites (N-methyl/N-ethyl adjacent to an activating group) is 1. The lowest BCUT2D eigenvalue weighted by atomic mass is 10.1. The second-order valence-corrected chi connectivity index (χ2v) is 6.90.